The molecule has 1 aromatic carbocycles. The van der Waals surface area contributed by atoms with Crippen LogP contribution in [0.3, 0.4) is 0 Å². The van der Waals surface area contributed by atoms with Crippen molar-refractivity contribution in [1.82, 2.24) is 14.9 Å². The topological polar surface area (TPSA) is 77.1 Å². The molecule has 2 aromatic heterocycles. The number of nitrogens with zero attached hydrogens (tertiary/aromatic N) is 2. The molecule has 4 bridgehead atoms. The van der Waals surface area contributed by atoms with Crippen LogP contribution in [0.1, 0.15) is 38.5 Å². The zero-order valence-corrected chi connectivity index (χ0v) is 15.7. The third-order valence-electron chi connectivity index (χ3n) is 7.11. The van der Waals surface area contributed by atoms with Crippen LogP contribution in [0, 0.1) is 17.8 Å². The number of para-hydroxylation sites is 1. The van der Waals surface area contributed by atoms with Gasteiger partial charge in [-0.25, -0.2) is 4.98 Å². The van der Waals surface area contributed by atoms with E-state index in [4.69, 9.17) is 4.42 Å². The Balaban J connectivity index is 1.27. The van der Waals surface area contributed by atoms with Crippen molar-refractivity contribution < 1.29 is 9.21 Å². The molecule has 0 saturated heterocycles. The fraction of sp³-hybridized carbons (Fsp3) is 0.500. The standard InChI is InChI=1S/C22H23N3O3/c26-18(24-22-8-13-5-14(9-22)7-15(6-13)10-22)11-25-12-23-19-16-3-1-2-4-17(16)28-20(19)21(25)27/h1-4,12-15H,5-11H2,(H,24,26). The van der Waals surface area contributed by atoms with E-state index in [1.54, 1.807) is 0 Å². The molecule has 0 spiro atoms. The van der Waals surface area contributed by atoms with Crippen LogP contribution < -0.4 is 10.9 Å². The van der Waals surface area contributed by atoms with Gasteiger partial charge in [0.25, 0.3) is 5.56 Å². The van der Waals surface area contributed by atoms with Gasteiger partial charge in [0.2, 0.25) is 11.5 Å². The molecule has 1 N–H and O–H groups in total. The molecule has 7 rings (SSSR count). The van der Waals surface area contributed by atoms with Crippen LogP contribution in [0.25, 0.3) is 22.1 Å². The quantitative estimate of drug-likeness (QED) is 0.760. The Kier molecular flexibility index (Phi) is 3.32. The second-order valence-electron chi connectivity index (χ2n) is 9.20. The minimum atomic E-state index is -0.304. The van der Waals surface area contributed by atoms with Crippen molar-refractivity contribution in [3.63, 3.8) is 0 Å². The number of benzene rings is 1. The van der Waals surface area contributed by atoms with Gasteiger partial charge < -0.3 is 9.73 Å². The number of hydrogen-bond donors (Lipinski definition) is 1. The number of fused-ring (bicyclic) bond motifs is 3. The second kappa shape index (κ2) is 5.69. The van der Waals surface area contributed by atoms with Gasteiger partial charge in [-0.05, 0) is 68.4 Å². The SMILES string of the molecule is O=C(Cn1cnc2c(oc3ccccc32)c1=O)NC12CC3CC(CC(C3)C1)C2. The van der Waals surface area contributed by atoms with Gasteiger partial charge in [0.05, 0.1) is 6.33 Å². The van der Waals surface area contributed by atoms with Crippen molar-refractivity contribution in [1.29, 1.82) is 0 Å². The van der Waals surface area contributed by atoms with E-state index in [9.17, 15) is 9.59 Å². The summed E-state index contributed by atoms with van der Waals surface area (Å²) in [5, 5.41) is 4.14. The molecule has 0 radical (unpaired) electrons. The lowest BCUT2D eigenvalue weighted by Gasteiger charge is -2.56. The molecule has 4 fully saturated rings. The van der Waals surface area contributed by atoms with Gasteiger partial charge in [-0.15, -0.1) is 0 Å². The lowest BCUT2D eigenvalue weighted by molar-refractivity contribution is -0.127. The molecule has 1 amide bonds. The van der Waals surface area contributed by atoms with Crippen LogP contribution in [0.15, 0.2) is 39.8 Å². The third kappa shape index (κ3) is 2.43. The highest BCUT2D eigenvalue weighted by Gasteiger charge is 2.51. The van der Waals surface area contributed by atoms with Crippen molar-refractivity contribution in [2.75, 3.05) is 0 Å². The number of rotatable bonds is 3. The second-order valence-corrected chi connectivity index (χ2v) is 9.20. The third-order valence-corrected chi connectivity index (χ3v) is 7.11. The number of carbonyl (C=O) groups excluding carboxylic acids is 1. The average molecular weight is 377 g/mol. The van der Waals surface area contributed by atoms with Gasteiger partial charge in [0, 0.05) is 10.9 Å². The highest BCUT2D eigenvalue weighted by Crippen LogP contribution is 2.55. The Labute approximate surface area is 161 Å². The van der Waals surface area contributed by atoms with E-state index in [1.807, 2.05) is 24.3 Å². The molecule has 0 atom stereocenters. The Morgan fingerprint density at radius 2 is 1.82 bits per heavy atom. The van der Waals surface area contributed by atoms with Crippen molar-refractivity contribution in [3.05, 3.63) is 40.9 Å². The number of amides is 1. The fourth-order valence-corrected chi connectivity index (χ4v) is 6.48. The maximum absolute atomic E-state index is 12.8. The fourth-order valence-electron chi connectivity index (χ4n) is 6.48. The molecule has 0 aliphatic heterocycles. The van der Waals surface area contributed by atoms with Gasteiger partial charge in [-0.3, -0.25) is 14.2 Å². The molecule has 28 heavy (non-hydrogen) atoms. The maximum atomic E-state index is 12.8. The van der Waals surface area contributed by atoms with Gasteiger partial charge in [0.15, 0.2) is 0 Å². The van der Waals surface area contributed by atoms with E-state index in [1.165, 1.54) is 30.2 Å². The van der Waals surface area contributed by atoms with Gasteiger partial charge in [-0.1, -0.05) is 12.1 Å². The first-order valence-corrected chi connectivity index (χ1v) is 10.3. The monoisotopic (exact) mass is 377 g/mol. The summed E-state index contributed by atoms with van der Waals surface area (Å²) < 4.78 is 7.07. The molecule has 0 unspecified atom stereocenters. The summed E-state index contributed by atoms with van der Waals surface area (Å²) in [6.07, 6.45) is 8.76. The number of hydrogen-bond acceptors (Lipinski definition) is 4. The molecule has 4 aliphatic carbocycles. The summed E-state index contributed by atoms with van der Waals surface area (Å²) in [4.78, 5) is 30.1. The first-order valence-electron chi connectivity index (χ1n) is 10.3. The van der Waals surface area contributed by atoms with E-state index in [0.717, 1.165) is 42.4 Å². The van der Waals surface area contributed by atoms with E-state index in [2.05, 4.69) is 10.3 Å². The van der Waals surface area contributed by atoms with Crippen LogP contribution in [-0.2, 0) is 11.3 Å². The van der Waals surface area contributed by atoms with Crippen molar-refractivity contribution in [3.8, 4) is 0 Å². The maximum Gasteiger partial charge on any atom is 0.297 e. The summed E-state index contributed by atoms with van der Waals surface area (Å²) in [6, 6.07) is 7.46. The molecule has 3 aromatic rings. The predicted molar refractivity (Wildman–Crippen MR) is 105 cm³/mol. The highest BCUT2D eigenvalue weighted by atomic mass is 16.3. The minimum absolute atomic E-state index is 0.0133. The van der Waals surface area contributed by atoms with E-state index in [0.29, 0.717) is 11.1 Å². The largest absolute Gasteiger partial charge is 0.448 e. The van der Waals surface area contributed by atoms with E-state index in [-0.39, 0.29) is 29.1 Å². The summed E-state index contributed by atoms with van der Waals surface area (Å²) in [6.45, 7) is -0.0133. The van der Waals surface area contributed by atoms with Crippen LogP contribution in [0.4, 0.5) is 0 Å². The lowest BCUT2D eigenvalue weighted by atomic mass is 9.53. The lowest BCUT2D eigenvalue weighted by Crippen LogP contribution is -2.60. The first-order chi connectivity index (χ1) is 13.6. The van der Waals surface area contributed by atoms with Crippen molar-refractivity contribution >= 4 is 28.0 Å². The Bertz CT molecular complexity index is 1120. The molecular formula is C22H23N3O3. The van der Waals surface area contributed by atoms with Crippen molar-refractivity contribution in [2.24, 2.45) is 17.8 Å². The Hall–Kier alpha value is -2.63. The van der Waals surface area contributed by atoms with Crippen LogP contribution in [0.5, 0.6) is 0 Å². The molecule has 144 valence electrons. The summed E-state index contributed by atoms with van der Waals surface area (Å²) in [5.74, 6) is 2.20. The number of carbonyl (C=O) groups is 1. The zero-order chi connectivity index (χ0) is 18.9. The van der Waals surface area contributed by atoms with Crippen molar-refractivity contribution in [2.45, 2.75) is 50.6 Å². The smallest absolute Gasteiger partial charge is 0.297 e. The van der Waals surface area contributed by atoms with E-state index < -0.39 is 0 Å². The highest BCUT2D eigenvalue weighted by molar-refractivity contribution is 6.01. The van der Waals surface area contributed by atoms with E-state index >= 15 is 0 Å². The van der Waals surface area contributed by atoms with Crippen LogP contribution >= 0.6 is 0 Å². The molecule has 4 aliphatic rings. The summed E-state index contributed by atoms with van der Waals surface area (Å²) in [5.41, 5.74) is 1.05. The van der Waals surface area contributed by atoms with Crippen LogP contribution in [-0.4, -0.2) is 21.0 Å². The molecule has 4 saturated carbocycles. The molecule has 2 heterocycles. The predicted octanol–water partition coefficient (Wildman–Crippen LogP) is 3.23. The Morgan fingerprint density at radius 3 is 2.54 bits per heavy atom. The molecule has 6 heteroatoms. The summed E-state index contributed by atoms with van der Waals surface area (Å²) in [7, 11) is 0. The first kappa shape index (κ1) is 16.3. The minimum Gasteiger partial charge on any atom is -0.448 e. The number of aromatic nitrogens is 2. The number of nitrogens with one attached hydrogen (secondary N) is 1. The summed E-state index contributed by atoms with van der Waals surface area (Å²) >= 11 is 0. The average Bonchev–Trinajstić information content (AvgIpc) is 3.02. The molecule has 6 nitrogen and oxygen atoms in total. The van der Waals surface area contributed by atoms with Gasteiger partial charge in [-0.2, -0.15) is 0 Å². The Morgan fingerprint density at radius 1 is 1.14 bits per heavy atom. The molecular weight excluding hydrogens is 354 g/mol. The zero-order valence-electron chi connectivity index (χ0n) is 15.7. The van der Waals surface area contributed by atoms with Crippen LogP contribution in [0.2, 0.25) is 0 Å². The number of furan rings is 1. The normalized spacial score (nSPS) is 30.9. The van der Waals surface area contributed by atoms with Gasteiger partial charge >= 0.3 is 0 Å². The van der Waals surface area contributed by atoms with Gasteiger partial charge in [0.1, 0.15) is 17.6 Å².